The maximum atomic E-state index is 12.9. The molecule has 6 heteroatoms. The lowest BCUT2D eigenvalue weighted by atomic mass is 9.82. The van der Waals surface area contributed by atoms with Gasteiger partial charge in [0.05, 0.1) is 17.5 Å². The second-order valence-corrected chi connectivity index (χ2v) is 8.77. The predicted octanol–water partition coefficient (Wildman–Crippen LogP) is 4.20. The molecule has 5 nitrogen and oxygen atoms in total. The number of rotatable bonds is 4. The quantitative estimate of drug-likeness (QED) is 0.777. The van der Waals surface area contributed by atoms with E-state index in [0.29, 0.717) is 5.13 Å². The summed E-state index contributed by atoms with van der Waals surface area (Å²) < 4.78 is 0. The summed E-state index contributed by atoms with van der Waals surface area (Å²) in [5.41, 5.74) is 4.23. The topological polar surface area (TPSA) is 79.3 Å². The van der Waals surface area contributed by atoms with Crippen LogP contribution in [0.4, 0.5) is 5.13 Å². The van der Waals surface area contributed by atoms with Crippen LogP contribution in [-0.2, 0) is 9.59 Å². The number of anilines is 1. The summed E-state index contributed by atoms with van der Waals surface area (Å²) in [4.78, 5) is 30.2. The highest BCUT2D eigenvalue weighted by Crippen LogP contribution is 2.48. The molecule has 1 saturated carbocycles. The number of nitrogens with zero attached hydrogens (tertiary/aromatic N) is 1. The molecule has 1 fully saturated rings. The number of aliphatic carboxylic acids is 1. The summed E-state index contributed by atoms with van der Waals surface area (Å²) in [6, 6.07) is 6.24. The van der Waals surface area contributed by atoms with Gasteiger partial charge in [-0.3, -0.25) is 9.59 Å². The van der Waals surface area contributed by atoms with Gasteiger partial charge in [0.25, 0.3) is 0 Å². The number of hydrogen-bond acceptors (Lipinski definition) is 4. The van der Waals surface area contributed by atoms with Crippen LogP contribution < -0.4 is 5.32 Å². The molecule has 27 heavy (non-hydrogen) atoms. The first-order valence-corrected chi connectivity index (χ1v) is 9.94. The van der Waals surface area contributed by atoms with Crippen LogP contribution in [-0.4, -0.2) is 22.0 Å². The Morgan fingerprint density at radius 1 is 1.15 bits per heavy atom. The first-order chi connectivity index (χ1) is 12.8. The molecule has 2 aromatic rings. The third kappa shape index (κ3) is 3.08. The van der Waals surface area contributed by atoms with Crippen molar-refractivity contribution in [1.29, 1.82) is 0 Å². The van der Waals surface area contributed by atoms with Crippen molar-refractivity contribution in [2.24, 2.45) is 23.7 Å². The molecule has 140 valence electrons. The van der Waals surface area contributed by atoms with Gasteiger partial charge in [-0.1, -0.05) is 29.8 Å². The van der Waals surface area contributed by atoms with Crippen molar-refractivity contribution in [2.75, 3.05) is 5.32 Å². The van der Waals surface area contributed by atoms with Crippen LogP contribution in [0.25, 0.3) is 11.3 Å². The van der Waals surface area contributed by atoms with E-state index < -0.39 is 17.8 Å². The molecule has 0 aliphatic heterocycles. The Morgan fingerprint density at radius 2 is 1.85 bits per heavy atom. The molecule has 2 aliphatic rings. The summed E-state index contributed by atoms with van der Waals surface area (Å²) in [7, 11) is 0. The fraction of sp³-hybridized carbons (Fsp3) is 0.381. The number of amides is 1. The molecule has 4 atom stereocenters. The Bertz CT molecular complexity index is 962. The number of thiazole rings is 1. The molecular formula is C21H22N2O3S. The molecule has 4 rings (SSSR count). The van der Waals surface area contributed by atoms with Gasteiger partial charge in [-0.15, -0.1) is 11.3 Å². The van der Waals surface area contributed by atoms with Crippen molar-refractivity contribution < 1.29 is 14.7 Å². The Hall–Kier alpha value is -2.47. The summed E-state index contributed by atoms with van der Waals surface area (Å²) in [5.74, 6) is -2.31. The number of carbonyl (C=O) groups excluding carboxylic acids is 1. The van der Waals surface area contributed by atoms with E-state index in [1.807, 2.05) is 32.9 Å². The second kappa shape index (κ2) is 6.60. The van der Waals surface area contributed by atoms with Gasteiger partial charge in [0.1, 0.15) is 0 Å². The van der Waals surface area contributed by atoms with Crippen molar-refractivity contribution in [1.82, 2.24) is 4.98 Å². The zero-order chi connectivity index (χ0) is 19.3. The highest BCUT2D eigenvalue weighted by Gasteiger charge is 2.51. The van der Waals surface area contributed by atoms with Crippen molar-refractivity contribution in [3.05, 3.63) is 46.4 Å². The van der Waals surface area contributed by atoms with Gasteiger partial charge in [0, 0.05) is 10.4 Å². The lowest BCUT2D eigenvalue weighted by Crippen LogP contribution is -2.36. The van der Waals surface area contributed by atoms with Crippen molar-refractivity contribution in [2.45, 2.75) is 27.2 Å². The number of benzene rings is 1. The normalized spacial score (nSPS) is 25.7. The van der Waals surface area contributed by atoms with Crippen molar-refractivity contribution in [3.63, 3.8) is 0 Å². The summed E-state index contributed by atoms with van der Waals surface area (Å²) >= 11 is 1.43. The molecule has 1 aromatic heterocycles. The minimum Gasteiger partial charge on any atom is -0.481 e. The molecule has 1 aromatic carbocycles. The van der Waals surface area contributed by atoms with E-state index in [1.165, 1.54) is 11.3 Å². The first-order valence-electron chi connectivity index (χ1n) is 9.12. The minimum atomic E-state index is -0.890. The van der Waals surface area contributed by atoms with Gasteiger partial charge in [-0.05, 0) is 50.7 Å². The molecule has 2 N–H and O–H groups in total. The lowest BCUT2D eigenvalue weighted by Gasteiger charge is -2.23. The average Bonchev–Trinajstić information content (AvgIpc) is 3.31. The van der Waals surface area contributed by atoms with E-state index in [1.54, 1.807) is 0 Å². The standard InChI is InChI=1S/C21H22N2O3S/c1-10-4-5-11(2)15(8-10)18-12(3)27-21(22-18)23-19(24)16-13-6-7-14(9-13)17(16)20(25)26/h4-8,13-14,16-17H,9H2,1-3H3,(H,25,26)(H,22,23,24)/t13-,14+,16+,17+/m1/s1. The van der Waals surface area contributed by atoms with Gasteiger partial charge in [-0.25, -0.2) is 4.98 Å². The second-order valence-electron chi connectivity index (χ2n) is 7.57. The van der Waals surface area contributed by atoms with Crippen LogP contribution in [0.3, 0.4) is 0 Å². The van der Waals surface area contributed by atoms with E-state index in [4.69, 9.17) is 0 Å². The Morgan fingerprint density at radius 3 is 2.56 bits per heavy atom. The molecular weight excluding hydrogens is 360 g/mol. The molecule has 0 saturated heterocycles. The maximum absolute atomic E-state index is 12.9. The van der Waals surface area contributed by atoms with Crippen LogP contribution in [0.1, 0.15) is 22.4 Å². The first kappa shape index (κ1) is 17.9. The highest BCUT2D eigenvalue weighted by molar-refractivity contribution is 7.16. The third-order valence-electron chi connectivity index (χ3n) is 5.72. The number of aryl methyl sites for hydroxylation is 3. The zero-order valence-corrected chi connectivity index (χ0v) is 16.3. The number of nitrogens with one attached hydrogen (secondary N) is 1. The predicted molar refractivity (Wildman–Crippen MR) is 106 cm³/mol. The summed E-state index contributed by atoms with van der Waals surface area (Å²) in [6.07, 6.45) is 4.68. The molecule has 2 bridgehead atoms. The fourth-order valence-corrected chi connectivity index (χ4v) is 5.23. The van der Waals surface area contributed by atoms with E-state index >= 15 is 0 Å². The maximum Gasteiger partial charge on any atom is 0.307 e. The number of carboxylic acids is 1. The Labute approximate surface area is 162 Å². The number of carboxylic acid groups (broad SMARTS) is 1. The van der Waals surface area contributed by atoms with E-state index in [9.17, 15) is 14.7 Å². The number of hydrogen-bond donors (Lipinski definition) is 2. The van der Waals surface area contributed by atoms with Crippen LogP contribution in [0.15, 0.2) is 30.4 Å². The number of fused-ring (bicyclic) bond motifs is 2. The molecule has 2 aliphatic carbocycles. The molecule has 1 amide bonds. The van der Waals surface area contributed by atoms with Crippen LogP contribution >= 0.6 is 11.3 Å². The third-order valence-corrected chi connectivity index (χ3v) is 6.61. The van der Waals surface area contributed by atoms with Crippen LogP contribution in [0.2, 0.25) is 0 Å². The molecule has 1 heterocycles. The van der Waals surface area contributed by atoms with Gasteiger partial charge in [0.2, 0.25) is 5.91 Å². The van der Waals surface area contributed by atoms with Gasteiger partial charge in [-0.2, -0.15) is 0 Å². The fourth-order valence-electron chi connectivity index (χ4n) is 4.40. The molecule has 0 radical (unpaired) electrons. The SMILES string of the molecule is Cc1ccc(C)c(-c2nc(NC(=O)[C@@H]3[C@@H](C(=O)O)[C@H]4C=C[C@@H]3C4)sc2C)c1. The number of aromatic nitrogens is 1. The monoisotopic (exact) mass is 382 g/mol. The summed E-state index contributed by atoms with van der Waals surface area (Å²) in [5, 5.41) is 13.0. The van der Waals surface area contributed by atoms with Gasteiger partial charge < -0.3 is 10.4 Å². The van der Waals surface area contributed by atoms with E-state index in [-0.39, 0.29) is 17.7 Å². The summed E-state index contributed by atoms with van der Waals surface area (Å²) in [6.45, 7) is 6.08. The minimum absolute atomic E-state index is 0.00986. The molecule has 0 spiro atoms. The van der Waals surface area contributed by atoms with Crippen LogP contribution in [0.5, 0.6) is 0 Å². The van der Waals surface area contributed by atoms with Gasteiger partial charge >= 0.3 is 5.97 Å². The number of allylic oxidation sites excluding steroid dienone is 2. The van der Waals surface area contributed by atoms with E-state index in [2.05, 4.69) is 28.5 Å². The largest absolute Gasteiger partial charge is 0.481 e. The van der Waals surface area contributed by atoms with E-state index in [0.717, 1.165) is 33.7 Å². The number of carbonyl (C=O) groups is 2. The average molecular weight is 382 g/mol. The van der Waals surface area contributed by atoms with Gasteiger partial charge in [0.15, 0.2) is 5.13 Å². The van der Waals surface area contributed by atoms with Crippen molar-refractivity contribution >= 4 is 28.3 Å². The van der Waals surface area contributed by atoms with Crippen LogP contribution in [0, 0.1) is 44.4 Å². The highest BCUT2D eigenvalue weighted by atomic mass is 32.1. The lowest BCUT2D eigenvalue weighted by molar-refractivity contribution is -0.146. The Kier molecular flexibility index (Phi) is 4.38. The Balaban J connectivity index is 1.59. The molecule has 0 unspecified atom stereocenters. The van der Waals surface area contributed by atoms with Crippen molar-refractivity contribution in [3.8, 4) is 11.3 Å². The smallest absolute Gasteiger partial charge is 0.307 e. The zero-order valence-electron chi connectivity index (χ0n) is 15.5.